The topological polar surface area (TPSA) is 116 Å². The molecule has 23 heavy (non-hydrogen) atoms. The van der Waals surface area contributed by atoms with Crippen LogP contribution in [-0.4, -0.2) is 33.8 Å². The third kappa shape index (κ3) is 3.03. The molecule has 2 aromatic rings. The number of aromatic amines is 1. The van der Waals surface area contributed by atoms with Crippen LogP contribution in [-0.2, 0) is 9.59 Å². The van der Waals surface area contributed by atoms with E-state index in [-0.39, 0.29) is 12.1 Å². The molecule has 1 aromatic heterocycles. The molecule has 2 heterocycles. The average Bonchev–Trinajstić information content (AvgIpc) is 3.17. The number of primary amides is 1. The van der Waals surface area contributed by atoms with Crippen molar-refractivity contribution in [2.45, 2.75) is 12.5 Å². The molecule has 9 heteroatoms. The van der Waals surface area contributed by atoms with Crippen LogP contribution in [0.1, 0.15) is 6.42 Å². The van der Waals surface area contributed by atoms with Crippen LogP contribution in [0.2, 0.25) is 0 Å². The minimum absolute atomic E-state index is 0.0659. The van der Waals surface area contributed by atoms with Gasteiger partial charge in [-0.25, -0.2) is 4.39 Å². The van der Waals surface area contributed by atoms with Crippen LogP contribution < -0.4 is 16.1 Å². The molecule has 118 valence electrons. The zero-order valence-corrected chi connectivity index (χ0v) is 11.9. The Bertz CT molecular complexity index is 756. The summed E-state index contributed by atoms with van der Waals surface area (Å²) in [5.41, 5.74) is 6.48. The number of anilines is 2. The number of nitrogens with one attached hydrogen (secondary N) is 2. The number of rotatable bonds is 4. The summed E-state index contributed by atoms with van der Waals surface area (Å²) in [6.07, 6.45) is 3.02. The normalized spacial score (nSPS) is 17.0. The quantitative estimate of drug-likeness (QED) is 0.766. The highest BCUT2D eigenvalue weighted by Gasteiger charge is 2.35. The fourth-order valence-electron chi connectivity index (χ4n) is 2.22. The molecule has 1 atom stereocenters. The van der Waals surface area contributed by atoms with Crippen molar-refractivity contribution in [3.05, 3.63) is 42.5 Å². The van der Waals surface area contributed by atoms with Gasteiger partial charge < -0.3 is 11.1 Å². The van der Waals surface area contributed by atoms with Crippen LogP contribution in [0.3, 0.4) is 0 Å². The number of hydrazone groups is 1. The molecule has 0 bridgehead atoms. The average molecular weight is 316 g/mol. The maximum Gasteiger partial charge on any atom is 0.272 e. The Kier molecular flexibility index (Phi) is 3.75. The van der Waals surface area contributed by atoms with Crippen LogP contribution in [0, 0.1) is 5.82 Å². The molecular formula is C14H13FN6O2. The van der Waals surface area contributed by atoms with Crippen molar-refractivity contribution >= 4 is 28.9 Å². The lowest BCUT2D eigenvalue weighted by atomic mass is 10.1. The van der Waals surface area contributed by atoms with Gasteiger partial charge in [0.1, 0.15) is 17.6 Å². The Morgan fingerprint density at radius 2 is 2.09 bits per heavy atom. The number of halogens is 1. The Hall–Kier alpha value is -3.23. The lowest BCUT2D eigenvalue weighted by molar-refractivity contribution is -0.119. The Morgan fingerprint density at radius 3 is 2.70 bits per heavy atom. The molecule has 3 rings (SSSR count). The largest absolute Gasteiger partial charge is 0.368 e. The highest BCUT2D eigenvalue weighted by molar-refractivity contribution is 6.44. The van der Waals surface area contributed by atoms with E-state index >= 15 is 0 Å². The molecule has 4 N–H and O–H groups in total. The highest BCUT2D eigenvalue weighted by Crippen LogP contribution is 2.25. The monoisotopic (exact) mass is 316 g/mol. The lowest BCUT2D eigenvalue weighted by Gasteiger charge is -2.20. The number of nitrogens with zero attached hydrogens (tertiary/aromatic N) is 3. The van der Waals surface area contributed by atoms with Crippen molar-refractivity contribution in [2.75, 3.05) is 10.3 Å². The number of hydrogen-bond donors (Lipinski definition) is 3. The molecule has 0 saturated carbocycles. The van der Waals surface area contributed by atoms with Crippen molar-refractivity contribution < 1.29 is 14.0 Å². The Balaban J connectivity index is 1.84. The van der Waals surface area contributed by atoms with Crippen molar-refractivity contribution in [3.8, 4) is 0 Å². The van der Waals surface area contributed by atoms with Gasteiger partial charge in [0.15, 0.2) is 0 Å². The van der Waals surface area contributed by atoms with E-state index in [4.69, 9.17) is 5.73 Å². The maximum atomic E-state index is 13.0. The number of H-pyrrole nitrogens is 1. The fraction of sp³-hybridized carbons (Fsp3) is 0.143. The first kappa shape index (κ1) is 14.7. The van der Waals surface area contributed by atoms with Gasteiger partial charge >= 0.3 is 0 Å². The lowest BCUT2D eigenvalue weighted by Crippen LogP contribution is -2.39. The van der Waals surface area contributed by atoms with Crippen LogP contribution in [0.4, 0.5) is 15.8 Å². The van der Waals surface area contributed by atoms with Gasteiger partial charge in [0, 0.05) is 12.6 Å². The van der Waals surface area contributed by atoms with Gasteiger partial charge in [-0.15, -0.1) is 0 Å². The van der Waals surface area contributed by atoms with Gasteiger partial charge in [0.25, 0.3) is 5.91 Å². The van der Waals surface area contributed by atoms with Crippen LogP contribution in [0.15, 0.2) is 41.8 Å². The van der Waals surface area contributed by atoms with Gasteiger partial charge in [-0.2, -0.15) is 10.2 Å². The molecule has 0 aliphatic carbocycles. The van der Waals surface area contributed by atoms with E-state index in [9.17, 15) is 14.0 Å². The first-order chi connectivity index (χ1) is 11.0. The summed E-state index contributed by atoms with van der Waals surface area (Å²) in [5, 5.41) is 14.4. The minimum Gasteiger partial charge on any atom is -0.368 e. The third-order valence-corrected chi connectivity index (χ3v) is 3.35. The number of aromatic nitrogens is 2. The predicted octanol–water partition coefficient (Wildman–Crippen LogP) is 0.607. The van der Waals surface area contributed by atoms with Gasteiger partial charge in [0.05, 0.1) is 17.6 Å². The number of nitrogens with two attached hydrogens (primary N) is 1. The van der Waals surface area contributed by atoms with E-state index < -0.39 is 23.7 Å². The van der Waals surface area contributed by atoms with E-state index in [1.807, 2.05) is 0 Å². The first-order valence-electron chi connectivity index (χ1n) is 6.76. The second-order valence-corrected chi connectivity index (χ2v) is 4.93. The van der Waals surface area contributed by atoms with E-state index in [1.165, 1.54) is 41.7 Å². The standard InChI is InChI=1S/C14H13FN6O2/c15-8-1-3-10(4-2-8)21-12(13(16)22)5-11(20-21)14(23)19-9-6-17-18-7-9/h1-4,6-7,12H,5H2,(H2,16,22)(H,17,18)(H,19,23)/t12-/m1/s1. The maximum absolute atomic E-state index is 13.0. The van der Waals surface area contributed by atoms with Crippen molar-refractivity contribution in [3.63, 3.8) is 0 Å². The van der Waals surface area contributed by atoms with E-state index in [1.54, 1.807) is 0 Å². The SMILES string of the molecule is NC(=O)[C@H]1CC(C(=O)Nc2cn[nH]c2)=NN1c1ccc(F)cc1. The molecule has 8 nitrogen and oxygen atoms in total. The van der Waals surface area contributed by atoms with Gasteiger partial charge in [0.2, 0.25) is 5.91 Å². The van der Waals surface area contributed by atoms with E-state index in [0.29, 0.717) is 11.4 Å². The smallest absolute Gasteiger partial charge is 0.272 e. The third-order valence-electron chi connectivity index (χ3n) is 3.35. The molecule has 2 amide bonds. The number of carbonyl (C=O) groups excluding carboxylic acids is 2. The zero-order chi connectivity index (χ0) is 16.4. The van der Waals surface area contributed by atoms with Crippen molar-refractivity contribution in [1.29, 1.82) is 0 Å². The van der Waals surface area contributed by atoms with Crippen LogP contribution in [0.5, 0.6) is 0 Å². The molecule has 0 fully saturated rings. The Labute approximate surface area is 130 Å². The highest BCUT2D eigenvalue weighted by atomic mass is 19.1. The molecule has 1 aliphatic heterocycles. The molecule has 0 spiro atoms. The van der Waals surface area contributed by atoms with Gasteiger partial charge in [-0.05, 0) is 24.3 Å². The number of carbonyl (C=O) groups is 2. The summed E-state index contributed by atoms with van der Waals surface area (Å²) in [4.78, 5) is 23.8. The summed E-state index contributed by atoms with van der Waals surface area (Å²) in [7, 11) is 0. The number of benzene rings is 1. The zero-order valence-electron chi connectivity index (χ0n) is 11.9. The van der Waals surface area contributed by atoms with E-state index in [0.717, 1.165) is 0 Å². The molecule has 0 saturated heterocycles. The summed E-state index contributed by atoms with van der Waals surface area (Å²) in [6.45, 7) is 0. The van der Waals surface area contributed by atoms with Crippen LogP contribution in [0.25, 0.3) is 0 Å². The molecule has 0 unspecified atom stereocenters. The molecular weight excluding hydrogens is 303 g/mol. The predicted molar refractivity (Wildman–Crippen MR) is 81.1 cm³/mol. The second kappa shape index (κ2) is 5.87. The minimum atomic E-state index is -0.800. The van der Waals surface area contributed by atoms with Gasteiger partial charge in [-0.1, -0.05) is 0 Å². The van der Waals surface area contributed by atoms with Crippen LogP contribution >= 0.6 is 0 Å². The van der Waals surface area contributed by atoms with Gasteiger partial charge in [-0.3, -0.25) is 19.7 Å². The molecule has 1 aromatic carbocycles. The van der Waals surface area contributed by atoms with Crippen molar-refractivity contribution in [2.24, 2.45) is 10.8 Å². The van der Waals surface area contributed by atoms with E-state index in [2.05, 4.69) is 20.6 Å². The molecule has 1 aliphatic rings. The first-order valence-corrected chi connectivity index (χ1v) is 6.76. The Morgan fingerprint density at radius 1 is 1.35 bits per heavy atom. The second-order valence-electron chi connectivity index (χ2n) is 4.93. The molecule has 0 radical (unpaired) electrons. The fourth-order valence-corrected chi connectivity index (χ4v) is 2.22. The summed E-state index contributed by atoms with van der Waals surface area (Å²) in [5.74, 6) is -1.49. The summed E-state index contributed by atoms with van der Waals surface area (Å²) < 4.78 is 13.0. The summed E-state index contributed by atoms with van der Waals surface area (Å²) in [6, 6.07) is 4.61. The van der Waals surface area contributed by atoms with Crippen molar-refractivity contribution in [1.82, 2.24) is 10.2 Å². The number of amides is 2. The summed E-state index contributed by atoms with van der Waals surface area (Å²) >= 11 is 0. The number of hydrogen-bond acceptors (Lipinski definition) is 5.